The van der Waals surface area contributed by atoms with Crippen LogP contribution >= 0.6 is 0 Å². The number of amides is 1. The minimum Gasteiger partial charge on any atom is -0.349 e. The molecule has 0 aliphatic heterocycles. The fourth-order valence-corrected chi connectivity index (χ4v) is 4.38. The Kier molecular flexibility index (Phi) is 7.85. The monoisotopic (exact) mass is 416 g/mol. The van der Waals surface area contributed by atoms with Crippen molar-refractivity contribution < 1.29 is 13.2 Å². The van der Waals surface area contributed by atoms with E-state index < -0.39 is 10.0 Å². The van der Waals surface area contributed by atoms with E-state index in [0.717, 1.165) is 17.5 Å². The number of sulfonamides is 1. The van der Waals surface area contributed by atoms with E-state index in [0.29, 0.717) is 12.1 Å². The SMILES string of the molecule is CCC(NC(=O)CCCN(c1ccccc1C)S(C)(=O)=O)c1ccc(C)c(C)c1. The lowest BCUT2D eigenvalue weighted by Gasteiger charge is -2.24. The summed E-state index contributed by atoms with van der Waals surface area (Å²) in [6, 6.07) is 13.6. The molecular formula is C23H32N2O3S. The average Bonchev–Trinajstić information content (AvgIpc) is 2.65. The van der Waals surface area contributed by atoms with Crippen LogP contribution in [0.3, 0.4) is 0 Å². The molecule has 0 aromatic heterocycles. The van der Waals surface area contributed by atoms with Gasteiger partial charge in [-0.2, -0.15) is 0 Å². The van der Waals surface area contributed by atoms with E-state index in [1.807, 2.05) is 32.0 Å². The molecule has 0 aliphatic rings. The van der Waals surface area contributed by atoms with Gasteiger partial charge in [-0.25, -0.2) is 8.42 Å². The summed E-state index contributed by atoms with van der Waals surface area (Å²) in [4.78, 5) is 12.5. The van der Waals surface area contributed by atoms with Crippen molar-refractivity contribution in [2.45, 2.75) is 53.0 Å². The molecule has 0 aliphatic carbocycles. The fraction of sp³-hybridized carbons (Fsp3) is 0.435. The van der Waals surface area contributed by atoms with Crippen LogP contribution in [0.2, 0.25) is 0 Å². The van der Waals surface area contributed by atoms with Gasteiger partial charge in [-0.15, -0.1) is 0 Å². The van der Waals surface area contributed by atoms with Gasteiger partial charge in [0, 0.05) is 13.0 Å². The van der Waals surface area contributed by atoms with Crippen molar-refractivity contribution in [3.63, 3.8) is 0 Å². The van der Waals surface area contributed by atoms with E-state index in [-0.39, 0.29) is 24.9 Å². The molecule has 0 saturated heterocycles. The van der Waals surface area contributed by atoms with Gasteiger partial charge < -0.3 is 5.32 Å². The minimum absolute atomic E-state index is 0.0378. The maximum atomic E-state index is 12.5. The second-order valence-electron chi connectivity index (χ2n) is 7.60. The van der Waals surface area contributed by atoms with Crippen LogP contribution in [-0.4, -0.2) is 27.1 Å². The third kappa shape index (κ3) is 6.32. The number of carbonyl (C=O) groups excluding carboxylic acids is 1. The number of nitrogens with zero attached hydrogens (tertiary/aromatic N) is 1. The van der Waals surface area contributed by atoms with Gasteiger partial charge in [-0.1, -0.05) is 43.3 Å². The standard InChI is InChI=1S/C23H32N2O3S/c1-6-21(20-14-13-17(2)19(4)16-20)24-23(26)12-9-15-25(29(5,27)28)22-11-8-7-10-18(22)3/h7-8,10-11,13-14,16,21H,6,9,12,15H2,1-5H3,(H,24,26). The summed E-state index contributed by atoms with van der Waals surface area (Å²) in [5.74, 6) is -0.0617. The highest BCUT2D eigenvalue weighted by Crippen LogP contribution is 2.23. The van der Waals surface area contributed by atoms with Crippen LogP contribution in [-0.2, 0) is 14.8 Å². The third-order valence-electron chi connectivity index (χ3n) is 5.23. The van der Waals surface area contributed by atoms with E-state index >= 15 is 0 Å². The molecule has 2 aromatic carbocycles. The first kappa shape index (κ1) is 22.9. The summed E-state index contributed by atoms with van der Waals surface area (Å²) >= 11 is 0. The van der Waals surface area contributed by atoms with Crippen LogP contribution in [0.1, 0.15) is 54.5 Å². The van der Waals surface area contributed by atoms with Crippen molar-refractivity contribution in [1.82, 2.24) is 5.32 Å². The van der Waals surface area contributed by atoms with Gasteiger partial charge in [0.2, 0.25) is 15.9 Å². The van der Waals surface area contributed by atoms with Gasteiger partial charge in [0.25, 0.3) is 0 Å². The van der Waals surface area contributed by atoms with E-state index in [1.165, 1.54) is 21.7 Å². The number of rotatable bonds is 9. The van der Waals surface area contributed by atoms with Crippen LogP contribution in [0.5, 0.6) is 0 Å². The quantitative estimate of drug-likeness (QED) is 0.658. The van der Waals surface area contributed by atoms with E-state index in [4.69, 9.17) is 0 Å². The van der Waals surface area contributed by atoms with Crippen LogP contribution < -0.4 is 9.62 Å². The Bertz CT molecular complexity index is 954. The Morgan fingerprint density at radius 1 is 1.03 bits per heavy atom. The number of nitrogens with one attached hydrogen (secondary N) is 1. The van der Waals surface area contributed by atoms with Crippen molar-refractivity contribution >= 4 is 21.6 Å². The van der Waals surface area contributed by atoms with Gasteiger partial charge in [0.05, 0.1) is 18.0 Å². The minimum atomic E-state index is -3.42. The van der Waals surface area contributed by atoms with Crippen molar-refractivity contribution in [2.75, 3.05) is 17.1 Å². The molecular weight excluding hydrogens is 384 g/mol. The van der Waals surface area contributed by atoms with Crippen LogP contribution in [0.4, 0.5) is 5.69 Å². The second kappa shape index (κ2) is 9.92. The molecule has 29 heavy (non-hydrogen) atoms. The summed E-state index contributed by atoms with van der Waals surface area (Å²) in [6.07, 6.45) is 2.73. The largest absolute Gasteiger partial charge is 0.349 e. The zero-order valence-electron chi connectivity index (χ0n) is 18.0. The molecule has 2 rings (SSSR count). The number of aryl methyl sites for hydroxylation is 3. The van der Waals surface area contributed by atoms with Crippen LogP contribution in [0.15, 0.2) is 42.5 Å². The summed E-state index contributed by atoms with van der Waals surface area (Å²) in [5.41, 5.74) is 5.09. The predicted molar refractivity (Wildman–Crippen MR) is 120 cm³/mol. The van der Waals surface area contributed by atoms with Gasteiger partial charge in [-0.3, -0.25) is 9.10 Å². The number of hydrogen-bond acceptors (Lipinski definition) is 3. The van der Waals surface area contributed by atoms with Crippen LogP contribution in [0, 0.1) is 20.8 Å². The number of hydrogen-bond donors (Lipinski definition) is 1. The molecule has 0 radical (unpaired) electrons. The highest BCUT2D eigenvalue weighted by atomic mass is 32.2. The van der Waals surface area contributed by atoms with Crippen molar-refractivity contribution in [1.29, 1.82) is 0 Å². The first-order valence-corrected chi connectivity index (χ1v) is 11.9. The normalized spacial score (nSPS) is 12.4. The molecule has 5 nitrogen and oxygen atoms in total. The van der Waals surface area contributed by atoms with Gasteiger partial charge in [0.15, 0.2) is 0 Å². The lowest BCUT2D eigenvalue weighted by Crippen LogP contribution is -2.33. The van der Waals surface area contributed by atoms with E-state index in [1.54, 1.807) is 6.07 Å². The summed E-state index contributed by atoms with van der Waals surface area (Å²) in [6.45, 7) is 8.34. The van der Waals surface area contributed by atoms with Crippen molar-refractivity contribution in [3.05, 3.63) is 64.7 Å². The second-order valence-corrected chi connectivity index (χ2v) is 9.50. The lowest BCUT2D eigenvalue weighted by atomic mass is 9.99. The Balaban J connectivity index is 1.99. The fourth-order valence-electron chi connectivity index (χ4n) is 3.36. The predicted octanol–water partition coefficient (Wildman–Crippen LogP) is 4.43. The molecule has 0 heterocycles. The first-order chi connectivity index (χ1) is 13.6. The summed E-state index contributed by atoms with van der Waals surface area (Å²) < 4.78 is 25.9. The Morgan fingerprint density at radius 2 is 1.72 bits per heavy atom. The number of anilines is 1. The molecule has 1 atom stereocenters. The first-order valence-electron chi connectivity index (χ1n) is 10.0. The summed E-state index contributed by atoms with van der Waals surface area (Å²) in [5, 5.41) is 3.09. The Labute approximate surface area is 175 Å². The van der Waals surface area contributed by atoms with E-state index in [9.17, 15) is 13.2 Å². The van der Waals surface area contributed by atoms with E-state index in [2.05, 4.69) is 37.4 Å². The number of benzene rings is 2. The number of para-hydroxylation sites is 1. The molecule has 2 aromatic rings. The topological polar surface area (TPSA) is 66.5 Å². The summed E-state index contributed by atoms with van der Waals surface area (Å²) in [7, 11) is -3.42. The molecule has 0 bridgehead atoms. The Morgan fingerprint density at radius 3 is 2.31 bits per heavy atom. The smallest absolute Gasteiger partial charge is 0.232 e. The van der Waals surface area contributed by atoms with Crippen molar-refractivity contribution in [3.8, 4) is 0 Å². The highest BCUT2D eigenvalue weighted by Gasteiger charge is 2.19. The molecule has 0 fully saturated rings. The zero-order valence-corrected chi connectivity index (χ0v) is 18.8. The lowest BCUT2D eigenvalue weighted by molar-refractivity contribution is -0.121. The maximum absolute atomic E-state index is 12.5. The van der Waals surface area contributed by atoms with Crippen LogP contribution in [0.25, 0.3) is 0 Å². The molecule has 1 N–H and O–H groups in total. The van der Waals surface area contributed by atoms with Crippen molar-refractivity contribution in [2.24, 2.45) is 0 Å². The average molecular weight is 417 g/mol. The molecule has 0 spiro atoms. The molecule has 0 saturated carbocycles. The molecule has 6 heteroatoms. The Hall–Kier alpha value is -2.34. The van der Waals surface area contributed by atoms with Gasteiger partial charge in [0.1, 0.15) is 0 Å². The molecule has 158 valence electrons. The zero-order chi connectivity index (χ0) is 21.6. The van der Waals surface area contributed by atoms with Gasteiger partial charge >= 0.3 is 0 Å². The highest BCUT2D eigenvalue weighted by molar-refractivity contribution is 7.92. The number of carbonyl (C=O) groups is 1. The molecule has 1 unspecified atom stereocenters. The van der Waals surface area contributed by atoms with Gasteiger partial charge in [-0.05, 0) is 61.9 Å². The molecule has 1 amide bonds. The maximum Gasteiger partial charge on any atom is 0.232 e. The third-order valence-corrected chi connectivity index (χ3v) is 6.41.